The summed E-state index contributed by atoms with van der Waals surface area (Å²) in [6.07, 6.45) is -2.92. The summed E-state index contributed by atoms with van der Waals surface area (Å²) < 4.78 is 43.1. The van der Waals surface area contributed by atoms with E-state index in [4.69, 9.17) is 10.6 Å². The highest BCUT2D eigenvalue weighted by atomic mass is 32.1. The van der Waals surface area contributed by atoms with Crippen LogP contribution in [0.2, 0.25) is 0 Å². The summed E-state index contributed by atoms with van der Waals surface area (Å²) in [5, 5.41) is 3.56. The molecule has 180 valence electrons. The minimum absolute atomic E-state index is 0.185. The van der Waals surface area contributed by atoms with Crippen molar-refractivity contribution in [2.75, 3.05) is 6.61 Å². The van der Waals surface area contributed by atoms with Crippen molar-refractivity contribution in [3.8, 4) is 16.3 Å². The number of hydrogen-bond donors (Lipinski definition) is 1. The topological polar surface area (TPSA) is 85.5 Å². The maximum Gasteiger partial charge on any atom is 0.422 e. The number of carbonyl (C=O) groups is 2. The molecule has 10 heteroatoms. The molecule has 0 aliphatic rings. The number of halogens is 3. The van der Waals surface area contributed by atoms with E-state index in [1.165, 1.54) is 29.5 Å². The van der Waals surface area contributed by atoms with Crippen molar-refractivity contribution in [3.05, 3.63) is 70.7 Å². The molecule has 3 rings (SSSR count). The molecule has 0 saturated carbocycles. The minimum Gasteiger partial charge on any atom is -0.483 e. The standard InChI is InChI=1S/C24H24F3N3O3S/c1-14(2)21(31)17-7-8-20(33-13-24(25,26)27)19(12-17)23(32)30(28)15(3)16-5-4-6-18(11-16)22-29-9-10-34-22/h4-12,14-15H,13,28H2,1-3H3. The van der Waals surface area contributed by atoms with Crippen LogP contribution in [-0.2, 0) is 0 Å². The molecule has 2 aromatic carbocycles. The van der Waals surface area contributed by atoms with Gasteiger partial charge in [-0.3, -0.25) is 14.6 Å². The Morgan fingerprint density at radius 3 is 2.50 bits per heavy atom. The van der Waals surface area contributed by atoms with Crippen LogP contribution in [0.3, 0.4) is 0 Å². The first-order valence-electron chi connectivity index (χ1n) is 10.4. The first-order chi connectivity index (χ1) is 16.0. The zero-order chi connectivity index (χ0) is 25.0. The molecular formula is C24H24F3N3O3S. The number of alkyl halides is 3. The lowest BCUT2D eigenvalue weighted by atomic mass is 9.98. The second-order valence-electron chi connectivity index (χ2n) is 7.98. The summed E-state index contributed by atoms with van der Waals surface area (Å²) in [6.45, 7) is 3.48. The van der Waals surface area contributed by atoms with E-state index in [0.717, 1.165) is 15.6 Å². The molecule has 3 aromatic rings. The van der Waals surface area contributed by atoms with Gasteiger partial charge in [0.15, 0.2) is 12.4 Å². The quantitative estimate of drug-likeness (QED) is 0.190. The van der Waals surface area contributed by atoms with Gasteiger partial charge in [0.05, 0.1) is 11.6 Å². The molecule has 0 bridgehead atoms. The Labute approximate surface area is 199 Å². The third kappa shape index (κ3) is 6.00. The van der Waals surface area contributed by atoms with Crippen molar-refractivity contribution < 1.29 is 27.5 Å². The van der Waals surface area contributed by atoms with Crippen LogP contribution in [0, 0.1) is 5.92 Å². The predicted molar refractivity (Wildman–Crippen MR) is 123 cm³/mol. The fraction of sp³-hybridized carbons (Fsp3) is 0.292. The Hall–Kier alpha value is -3.24. The van der Waals surface area contributed by atoms with Gasteiger partial charge in [0.1, 0.15) is 10.8 Å². The first kappa shape index (κ1) is 25.4. The Morgan fingerprint density at radius 2 is 1.88 bits per heavy atom. The second-order valence-corrected chi connectivity index (χ2v) is 8.88. The molecule has 34 heavy (non-hydrogen) atoms. The zero-order valence-corrected chi connectivity index (χ0v) is 19.6. The number of ether oxygens (including phenoxy) is 1. The molecular weight excluding hydrogens is 467 g/mol. The van der Waals surface area contributed by atoms with E-state index in [1.54, 1.807) is 39.1 Å². The SMILES string of the molecule is CC(C)C(=O)c1ccc(OCC(F)(F)F)c(C(=O)N(N)C(C)c2cccc(-c3nccs3)c2)c1. The number of Topliss-reactive ketones (excluding diaryl/α,β-unsaturated/α-hetero) is 1. The van der Waals surface area contributed by atoms with Crippen molar-refractivity contribution in [2.45, 2.75) is 33.0 Å². The van der Waals surface area contributed by atoms with Crippen molar-refractivity contribution in [2.24, 2.45) is 11.8 Å². The van der Waals surface area contributed by atoms with Gasteiger partial charge in [-0.25, -0.2) is 10.8 Å². The maximum absolute atomic E-state index is 13.3. The molecule has 1 heterocycles. The van der Waals surface area contributed by atoms with Gasteiger partial charge in [-0.05, 0) is 36.8 Å². The van der Waals surface area contributed by atoms with Crippen LogP contribution in [0.4, 0.5) is 13.2 Å². The lowest BCUT2D eigenvalue weighted by molar-refractivity contribution is -0.153. The van der Waals surface area contributed by atoms with Gasteiger partial charge >= 0.3 is 6.18 Å². The van der Waals surface area contributed by atoms with E-state index in [9.17, 15) is 22.8 Å². The van der Waals surface area contributed by atoms with Gasteiger partial charge in [0.2, 0.25) is 0 Å². The van der Waals surface area contributed by atoms with Crippen molar-refractivity contribution in [3.63, 3.8) is 0 Å². The number of rotatable bonds is 8. The predicted octanol–water partition coefficient (Wildman–Crippen LogP) is 5.67. The summed E-state index contributed by atoms with van der Waals surface area (Å²) in [6, 6.07) is 10.4. The number of amides is 1. The molecule has 0 aliphatic carbocycles. The molecule has 1 unspecified atom stereocenters. The van der Waals surface area contributed by atoms with Crippen molar-refractivity contribution >= 4 is 23.0 Å². The van der Waals surface area contributed by atoms with Gasteiger partial charge in [-0.1, -0.05) is 32.0 Å². The highest BCUT2D eigenvalue weighted by Crippen LogP contribution is 2.30. The summed E-state index contributed by atoms with van der Waals surface area (Å²) in [5.41, 5.74) is 1.51. The van der Waals surface area contributed by atoms with Gasteiger partial charge in [0.25, 0.3) is 5.91 Å². The lowest BCUT2D eigenvalue weighted by Gasteiger charge is -2.26. The number of nitrogens with zero attached hydrogens (tertiary/aromatic N) is 2. The van der Waals surface area contributed by atoms with Crippen LogP contribution >= 0.6 is 11.3 Å². The van der Waals surface area contributed by atoms with E-state index < -0.39 is 24.7 Å². The van der Waals surface area contributed by atoms with Gasteiger partial charge < -0.3 is 4.74 Å². The smallest absolute Gasteiger partial charge is 0.422 e. The van der Waals surface area contributed by atoms with Crippen LogP contribution in [0.15, 0.2) is 54.0 Å². The second kappa shape index (κ2) is 10.4. The van der Waals surface area contributed by atoms with Crippen molar-refractivity contribution in [1.82, 2.24) is 9.99 Å². The molecule has 0 fully saturated rings. The Kier molecular flexibility index (Phi) is 7.73. The first-order valence-corrected chi connectivity index (χ1v) is 11.3. The monoisotopic (exact) mass is 491 g/mol. The summed E-state index contributed by atoms with van der Waals surface area (Å²) in [4.78, 5) is 30.0. The van der Waals surface area contributed by atoms with Crippen LogP contribution in [-0.4, -0.2) is 34.5 Å². The molecule has 6 nitrogen and oxygen atoms in total. The maximum atomic E-state index is 13.3. The van der Waals surface area contributed by atoms with E-state index in [1.807, 2.05) is 17.5 Å². The molecule has 0 radical (unpaired) electrons. The van der Waals surface area contributed by atoms with E-state index in [-0.39, 0.29) is 28.6 Å². The lowest BCUT2D eigenvalue weighted by Crippen LogP contribution is -2.40. The fourth-order valence-corrected chi connectivity index (χ4v) is 3.88. The number of hydrazine groups is 1. The third-order valence-electron chi connectivity index (χ3n) is 5.11. The van der Waals surface area contributed by atoms with E-state index in [2.05, 4.69) is 4.98 Å². The molecule has 1 atom stereocenters. The number of ketones is 1. The Bertz CT molecular complexity index is 1160. The van der Waals surface area contributed by atoms with Crippen LogP contribution in [0.25, 0.3) is 10.6 Å². The number of carbonyl (C=O) groups excluding carboxylic acids is 2. The molecule has 2 N–H and O–H groups in total. The molecule has 0 saturated heterocycles. The summed E-state index contributed by atoms with van der Waals surface area (Å²) >= 11 is 1.46. The highest BCUT2D eigenvalue weighted by molar-refractivity contribution is 7.13. The van der Waals surface area contributed by atoms with Gasteiger partial charge in [-0.15, -0.1) is 11.3 Å². The van der Waals surface area contributed by atoms with Crippen LogP contribution in [0.1, 0.15) is 53.1 Å². The minimum atomic E-state index is -4.60. The van der Waals surface area contributed by atoms with E-state index >= 15 is 0 Å². The highest BCUT2D eigenvalue weighted by Gasteiger charge is 2.31. The van der Waals surface area contributed by atoms with E-state index in [0.29, 0.717) is 5.56 Å². The summed E-state index contributed by atoms with van der Waals surface area (Å²) in [5.74, 6) is 4.43. The Balaban J connectivity index is 1.93. The largest absolute Gasteiger partial charge is 0.483 e. The van der Waals surface area contributed by atoms with Gasteiger partial charge in [0, 0.05) is 28.6 Å². The molecule has 0 aliphatic heterocycles. The number of thiazole rings is 1. The number of benzene rings is 2. The number of aromatic nitrogens is 1. The number of hydrogen-bond acceptors (Lipinski definition) is 6. The van der Waals surface area contributed by atoms with Gasteiger partial charge in [-0.2, -0.15) is 13.2 Å². The molecule has 1 aromatic heterocycles. The molecule has 0 spiro atoms. The van der Waals surface area contributed by atoms with Crippen LogP contribution in [0.5, 0.6) is 5.75 Å². The third-order valence-corrected chi connectivity index (χ3v) is 5.93. The fourth-order valence-electron chi connectivity index (χ4n) is 3.24. The molecule has 1 amide bonds. The summed E-state index contributed by atoms with van der Waals surface area (Å²) in [7, 11) is 0. The normalized spacial score (nSPS) is 12.5. The Morgan fingerprint density at radius 1 is 1.15 bits per heavy atom. The van der Waals surface area contributed by atoms with Crippen LogP contribution < -0.4 is 10.6 Å². The average molecular weight is 492 g/mol. The average Bonchev–Trinajstić information content (AvgIpc) is 3.35. The number of nitrogens with two attached hydrogens (primary N) is 1. The zero-order valence-electron chi connectivity index (χ0n) is 18.8. The van der Waals surface area contributed by atoms with Crippen molar-refractivity contribution in [1.29, 1.82) is 0 Å².